The van der Waals surface area contributed by atoms with Crippen LogP contribution < -0.4 is 4.74 Å². The first-order valence-electron chi connectivity index (χ1n) is 9.98. The lowest BCUT2D eigenvalue weighted by atomic mass is 10.2. The summed E-state index contributed by atoms with van der Waals surface area (Å²) in [6.45, 7) is 2.69. The fourth-order valence-electron chi connectivity index (χ4n) is 3.49. The molecule has 2 aromatic rings. The molecule has 1 amide bonds. The second kappa shape index (κ2) is 10.1. The molecule has 0 saturated carbocycles. The molecule has 7 nitrogen and oxygen atoms in total. The number of benzene rings is 2. The average molecular weight is 432 g/mol. The van der Waals surface area contributed by atoms with E-state index in [0.29, 0.717) is 32.7 Å². The van der Waals surface area contributed by atoms with Crippen molar-refractivity contribution in [3.05, 3.63) is 65.7 Å². The van der Waals surface area contributed by atoms with Gasteiger partial charge in [0, 0.05) is 39.8 Å². The topological polar surface area (TPSA) is 70.2 Å². The SMILES string of the molecule is COc1cccc(CN(C)C(=O)CN2CCN(S(=O)(=O)Cc3ccccc3)CC2)c1. The summed E-state index contributed by atoms with van der Waals surface area (Å²) >= 11 is 0. The Morgan fingerprint density at radius 2 is 1.67 bits per heavy atom. The van der Waals surface area contributed by atoms with Gasteiger partial charge in [0.2, 0.25) is 15.9 Å². The molecule has 0 spiro atoms. The zero-order valence-electron chi connectivity index (χ0n) is 17.5. The number of ether oxygens (including phenoxy) is 1. The van der Waals surface area contributed by atoms with Crippen LogP contribution >= 0.6 is 0 Å². The van der Waals surface area contributed by atoms with E-state index in [2.05, 4.69) is 0 Å². The van der Waals surface area contributed by atoms with Crippen molar-refractivity contribution in [2.75, 3.05) is 46.9 Å². The molecule has 2 aromatic carbocycles. The number of carbonyl (C=O) groups is 1. The highest BCUT2D eigenvalue weighted by molar-refractivity contribution is 7.88. The largest absolute Gasteiger partial charge is 0.497 e. The first-order valence-corrected chi connectivity index (χ1v) is 11.6. The zero-order chi connectivity index (χ0) is 21.6. The molecule has 1 saturated heterocycles. The number of likely N-dealkylation sites (N-methyl/N-ethyl adjacent to an activating group) is 1. The number of piperazine rings is 1. The molecule has 1 aliphatic heterocycles. The van der Waals surface area contributed by atoms with Crippen molar-refractivity contribution in [3.8, 4) is 5.75 Å². The van der Waals surface area contributed by atoms with E-state index in [4.69, 9.17) is 4.74 Å². The summed E-state index contributed by atoms with van der Waals surface area (Å²) < 4.78 is 32.1. The highest BCUT2D eigenvalue weighted by Gasteiger charge is 2.28. The third-order valence-electron chi connectivity index (χ3n) is 5.26. The third kappa shape index (κ3) is 6.04. The van der Waals surface area contributed by atoms with Crippen molar-refractivity contribution in [1.82, 2.24) is 14.1 Å². The second-order valence-corrected chi connectivity index (χ2v) is 9.49. The summed E-state index contributed by atoms with van der Waals surface area (Å²) in [5, 5.41) is 0. The molecular weight excluding hydrogens is 402 g/mol. The maximum Gasteiger partial charge on any atom is 0.236 e. The summed E-state index contributed by atoms with van der Waals surface area (Å²) in [5.41, 5.74) is 1.79. The van der Waals surface area contributed by atoms with E-state index in [1.54, 1.807) is 19.1 Å². The lowest BCUT2D eigenvalue weighted by molar-refractivity contribution is -0.131. The number of rotatable bonds is 8. The van der Waals surface area contributed by atoms with Gasteiger partial charge >= 0.3 is 0 Å². The van der Waals surface area contributed by atoms with Crippen molar-refractivity contribution in [2.45, 2.75) is 12.3 Å². The maximum atomic E-state index is 12.7. The van der Waals surface area contributed by atoms with E-state index in [1.807, 2.05) is 59.5 Å². The fraction of sp³-hybridized carbons (Fsp3) is 0.409. The molecule has 1 heterocycles. The van der Waals surface area contributed by atoms with Crippen molar-refractivity contribution in [1.29, 1.82) is 0 Å². The summed E-state index contributed by atoms with van der Waals surface area (Å²) in [7, 11) is 0.0464. The standard InChI is InChI=1S/C22H29N3O4S/c1-23(16-20-9-6-10-21(15-20)29-2)22(26)17-24-11-13-25(14-12-24)30(27,28)18-19-7-4-3-5-8-19/h3-10,15H,11-14,16-18H2,1-2H3. The van der Waals surface area contributed by atoms with Crippen LogP contribution in [0.25, 0.3) is 0 Å². The van der Waals surface area contributed by atoms with Gasteiger partial charge in [-0.25, -0.2) is 8.42 Å². The third-order valence-corrected chi connectivity index (χ3v) is 7.11. The smallest absolute Gasteiger partial charge is 0.236 e. The Labute approximate surface area is 178 Å². The molecular formula is C22H29N3O4S. The number of hydrogen-bond donors (Lipinski definition) is 0. The zero-order valence-corrected chi connectivity index (χ0v) is 18.3. The molecule has 0 radical (unpaired) electrons. The van der Waals surface area contributed by atoms with E-state index >= 15 is 0 Å². The van der Waals surface area contributed by atoms with Crippen molar-refractivity contribution in [2.24, 2.45) is 0 Å². The second-order valence-electron chi connectivity index (χ2n) is 7.52. The number of methoxy groups -OCH3 is 1. The Morgan fingerprint density at radius 1 is 1.00 bits per heavy atom. The maximum absolute atomic E-state index is 12.7. The van der Waals surface area contributed by atoms with E-state index < -0.39 is 10.0 Å². The highest BCUT2D eigenvalue weighted by atomic mass is 32.2. The molecule has 30 heavy (non-hydrogen) atoms. The minimum absolute atomic E-state index is 0.00997. The molecule has 0 N–H and O–H groups in total. The molecule has 1 aliphatic rings. The van der Waals surface area contributed by atoms with Gasteiger partial charge in [0.05, 0.1) is 19.4 Å². The summed E-state index contributed by atoms with van der Waals surface area (Å²) in [5.74, 6) is 0.787. The van der Waals surface area contributed by atoms with Gasteiger partial charge in [-0.2, -0.15) is 4.31 Å². The summed E-state index contributed by atoms with van der Waals surface area (Å²) in [6.07, 6.45) is 0. The van der Waals surface area contributed by atoms with Gasteiger partial charge in [0.25, 0.3) is 0 Å². The number of carbonyl (C=O) groups excluding carboxylic acids is 1. The lowest BCUT2D eigenvalue weighted by Gasteiger charge is -2.34. The van der Waals surface area contributed by atoms with Gasteiger partial charge in [-0.05, 0) is 23.3 Å². The van der Waals surface area contributed by atoms with Crippen LogP contribution in [-0.4, -0.2) is 75.3 Å². The first-order chi connectivity index (χ1) is 14.4. The number of nitrogens with zero attached hydrogens (tertiary/aromatic N) is 3. The first kappa shape index (κ1) is 22.3. The summed E-state index contributed by atoms with van der Waals surface area (Å²) in [4.78, 5) is 16.3. The number of amides is 1. The normalized spacial score (nSPS) is 15.7. The minimum Gasteiger partial charge on any atom is -0.497 e. The molecule has 0 atom stereocenters. The highest BCUT2D eigenvalue weighted by Crippen LogP contribution is 2.15. The van der Waals surface area contributed by atoms with E-state index in [0.717, 1.165) is 16.9 Å². The quantitative estimate of drug-likeness (QED) is 0.638. The van der Waals surface area contributed by atoms with Gasteiger partial charge < -0.3 is 9.64 Å². The molecule has 0 aliphatic carbocycles. The number of hydrogen-bond acceptors (Lipinski definition) is 5. The lowest BCUT2D eigenvalue weighted by Crippen LogP contribution is -2.51. The Kier molecular flexibility index (Phi) is 7.47. The molecule has 3 rings (SSSR count). The van der Waals surface area contributed by atoms with Gasteiger partial charge in [0.15, 0.2) is 0 Å². The van der Waals surface area contributed by atoms with Gasteiger partial charge in [-0.3, -0.25) is 9.69 Å². The molecule has 8 heteroatoms. The Morgan fingerprint density at radius 3 is 2.33 bits per heavy atom. The predicted octanol–water partition coefficient (Wildman–Crippen LogP) is 1.80. The van der Waals surface area contributed by atoms with Crippen LogP contribution in [0.3, 0.4) is 0 Å². The minimum atomic E-state index is -3.35. The number of sulfonamides is 1. The fourth-order valence-corrected chi connectivity index (χ4v) is 5.00. The molecule has 1 fully saturated rings. The van der Waals surface area contributed by atoms with Crippen LogP contribution in [0, 0.1) is 0 Å². The van der Waals surface area contributed by atoms with Crippen molar-refractivity contribution in [3.63, 3.8) is 0 Å². The Balaban J connectivity index is 1.48. The van der Waals surface area contributed by atoms with Gasteiger partial charge in [-0.15, -0.1) is 0 Å². The van der Waals surface area contributed by atoms with Crippen molar-refractivity contribution < 1.29 is 17.9 Å². The van der Waals surface area contributed by atoms with E-state index in [-0.39, 0.29) is 18.2 Å². The Hall–Kier alpha value is -2.42. The van der Waals surface area contributed by atoms with Gasteiger partial charge in [0.1, 0.15) is 5.75 Å². The van der Waals surface area contributed by atoms with Crippen LogP contribution in [0.5, 0.6) is 5.75 Å². The average Bonchev–Trinajstić information content (AvgIpc) is 2.74. The van der Waals surface area contributed by atoms with Crippen LogP contribution in [0.2, 0.25) is 0 Å². The molecule has 0 unspecified atom stereocenters. The molecule has 0 bridgehead atoms. The molecule has 0 aromatic heterocycles. The monoisotopic (exact) mass is 431 g/mol. The van der Waals surface area contributed by atoms with Gasteiger partial charge in [-0.1, -0.05) is 42.5 Å². The van der Waals surface area contributed by atoms with Crippen LogP contribution in [0.15, 0.2) is 54.6 Å². The van der Waals surface area contributed by atoms with Crippen LogP contribution in [-0.2, 0) is 27.1 Å². The van der Waals surface area contributed by atoms with E-state index in [9.17, 15) is 13.2 Å². The van der Waals surface area contributed by atoms with E-state index in [1.165, 1.54) is 4.31 Å². The van der Waals surface area contributed by atoms with Crippen LogP contribution in [0.1, 0.15) is 11.1 Å². The van der Waals surface area contributed by atoms with Crippen molar-refractivity contribution >= 4 is 15.9 Å². The summed E-state index contributed by atoms with van der Waals surface area (Å²) in [6, 6.07) is 16.9. The van der Waals surface area contributed by atoms with Crippen LogP contribution in [0.4, 0.5) is 0 Å². The predicted molar refractivity (Wildman–Crippen MR) is 117 cm³/mol. The molecule has 162 valence electrons. The Bertz CT molecular complexity index is 942.